The highest BCUT2D eigenvalue weighted by Crippen LogP contribution is 2.36. The SMILES string of the molecule is CN1[C@@H]2CC[C@H]1CC(OC(=O)C(CO)c1ccccc1)C2.O=C(O)Cc1ccccc1Nc1c(Cl)cccc1Cl. The number of hydrogen-bond donors (Lipinski definition) is 3. The van der Waals surface area contributed by atoms with E-state index in [9.17, 15) is 14.7 Å². The number of nitrogens with zero attached hydrogens (tertiary/aromatic N) is 1. The topological polar surface area (TPSA) is 99.1 Å². The predicted molar refractivity (Wildman–Crippen MR) is 157 cm³/mol. The minimum absolute atomic E-state index is 0.00367. The maximum absolute atomic E-state index is 12.4. The molecule has 0 spiro atoms. The highest BCUT2D eigenvalue weighted by atomic mass is 35.5. The summed E-state index contributed by atoms with van der Waals surface area (Å²) in [4.78, 5) is 25.6. The van der Waals surface area contributed by atoms with E-state index >= 15 is 0 Å². The summed E-state index contributed by atoms with van der Waals surface area (Å²) >= 11 is 12.1. The molecule has 212 valence electrons. The summed E-state index contributed by atoms with van der Waals surface area (Å²) in [6, 6.07) is 22.8. The molecule has 2 bridgehead atoms. The molecule has 2 aliphatic rings. The van der Waals surface area contributed by atoms with Crippen LogP contribution in [0, 0.1) is 0 Å². The Kier molecular flexibility index (Phi) is 10.5. The maximum atomic E-state index is 12.4. The molecule has 3 N–H and O–H groups in total. The van der Waals surface area contributed by atoms with Crippen molar-refractivity contribution in [2.24, 2.45) is 0 Å². The fourth-order valence-electron chi connectivity index (χ4n) is 5.42. The van der Waals surface area contributed by atoms with Crippen molar-refractivity contribution in [1.82, 2.24) is 4.90 Å². The molecule has 2 heterocycles. The van der Waals surface area contributed by atoms with E-state index in [-0.39, 0.29) is 25.1 Å². The molecule has 4 atom stereocenters. The van der Waals surface area contributed by atoms with Crippen LogP contribution in [0.5, 0.6) is 0 Å². The van der Waals surface area contributed by atoms with E-state index in [1.165, 1.54) is 12.8 Å². The molecule has 0 aliphatic carbocycles. The number of ether oxygens (including phenoxy) is 1. The number of carbonyl (C=O) groups excluding carboxylic acids is 1. The third-order valence-electron chi connectivity index (χ3n) is 7.59. The summed E-state index contributed by atoms with van der Waals surface area (Å²) < 4.78 is 5.70. The number of aliphatic hydroxyl groups is 1. The summed E-state index contributed by atoms with van der Waals surface area (Å²) in [6.07, 6.45) is 4.20. The molecule has 2 saturated heterocycles. The first-order valence-electron chi connectivity index (χ1n) is 13.4. The maximum Gasteiger partial charge on any atom is 0.316 e. The van der Waals surface area contributed by atoms with Gasteiger partial charge in [0, 0.05) is 17.8 Å². The normalized spacial score (nSPS) is 20.6. The van der Waals surface area contributed by atoms with Gasteiger partial charge in [0.05, 0.1) is 28.8 Å². The summed E-state index contributed by atoms with van der Waals surface area (Å²) in [5, 5.41) is 22.5. The van der Waals surface area contributed by atoms with E-state index in [2.05, 4.69) is 17.3 Å². The third-order valence-corrected chi connectivity index (χ3v) is 8.22. The number of carbonyl (C=O) groups is 2. The summed E-state index contributed by atoms with van der Waals surface area (Å²) in [5.41, 5.74) is 2.75. The standard InChI is InChI=1S/C17H23NO3.C14H11Cl2NO2/c1-18-13-7-8-14(18)10-15(9-13)21-17(20)16(11-19)12-5-3-2-4-6-12;15-10-5-3-6-11(16)14(10)17-12-7-2-1-4-9(12)8-13(18)19/h2-6,13-16,19H,7-11H2,1H3;1-7,17H,8H2,(H,18,19)/t13-,14+,15?,16?;. The molecule has 2 fully saturated rings. The highest BCUT2D eigenvalue weighted by molar-refractivity contribution is 6.39. The van der Waals surface area contributed by atoms with Gasteiger partial charge in [0.15, 0.2) is 0 Å². The van der Waals surface area contributed by atoms with Crippen molar-refractivity contribution in [3.05, 3.63) is 94.0 Å². The van der Waals surface area contributed by atoms with Crippen LogP contribution >= 0.6 is 23.2 Å². The number of rotatable bonds is 8. The van der Waals surface area contributed by atoms with Gasteiger partial charge in [-0.3, -0.25) is 9.59 Å². The van der Waals surface area contributed by atoms with Crippen molar-refractivity contribution in [3.8, 4) is 0 Å². The highest BCUT2D eigenvalue weighted by Gasteiger charge is 2.40. The zero-order valence-electron chi connectivity index (χ0n) is 22.3. The lowest BCUT2D eigenvalue weighted by Crippen LogP contribution is -2.43. The Morgan fingerprint density at radius 2 is 1.55 bits per heavy atom. The fourth-order valence-corrected chi connectivity index (χ4v) is 5.91. The number of hydrogen-bond acceptors (Lipinski definition) is 6. The quantitative estimate of drug-likeness (QED) is 0.267. The number of halogens is 2. The molecule has 3 aromatic carbocycles. The number of carboxylic acids is 1. The Balaban J connectivity index is 0.000000186. The molecule has 7 nitrogen and oxygen atoms in total. The van der Waals surface area contributed by atoms with Crippen LogP contribution in [0.4, 0.5) is 11.4 Å². The fraction of sp³-hybridized carbons (Fsp3) is 0.355. The number of esters is 1. The first kappa shape index (κ1) is 29.9. The van der Waals surface area contributed by atoms with E-state index in [1.54, 1.807) is 36.4 Å². The molecule has 2 aliphatic heterocycles. The van der Waals surface area contributed by atoms with Gasteiger partial charge >= 0.3 is 11.9 Å². The Hall–Kier alpha value is -3.10. The minimum Gasteiger partial charge on any atom is -0.481 e. The number of benzene rings is 3. The lowest BCUT2D eigenvalue weighted by molar-refractivity contribution is -0.155. The second-order valence-corrected chi connectivity index (χ2v) is 11.0. The number of fused-ring (bicyclic) bond motifs is 2. The monoisotopic (exact) mass is 584 g/mol. The summed E-state index contributed by atoms with van der Waals surface area (Å²) in [7, 11) is 2.17. The Bertz CT molecular complexity index is 1270. The number of carboxylic acid groups (broad SMARTS) is 1. The number of nitrogens with one attached hydrogen (secondary N) is 1. The Labute approximate surface area is 244 Å². The number of anilines is 2. The van der Waals surface area contributed by atoms with Crippen LogP contribution in [0.1, 0.15) is 42.7 Å². The van der Waals surface area contributed by atoms with Gasteiger partial charge in [-0.15, -0.1) is 0 Å². The zero-order chi connectivity index (χ0) is 28.6. The van der Waals surface area contributed by atoms with Crippen LogP contribution in [-0.4, -0.2) is 58.9 Å². The van der Waals surface area contributed by atoms with Crippen LogP contribution in [0.3, 0.4) is 0 Å². The van der Waals surface area contributed by atoms with Crippen LogP contribution in [-0.2, 0) is 20.7 Å². The molecular weight excluding hydrogens is 551 g/mol. The van der Waals surface area contributed by atoms with E-state index in [4.69, 9.17) is 33.0 Å². The Morgan fingerprint density at radius 1 is 0.950 bits per heavy atom. The van der Waals surface area contributed by atoms with Crippen molar-refractivity contribution >= 4 is 46.5 Å². The van der Waals surface area contributed by atoms with Crippen molar-refractivity contribution in [3.63, 3.8) is 0 Å². The largest absolute Gasteiger partial charge is 0.481 e. The van der Waals surface area contributed by atoms with E-state index < -0.39 is 11.9 Å². The van der Waals surface area contributed by atoms with Gasteiger partial charge in [-0.2, -0.15) is 0 Å². The van der Waals surface area contributed by atoms with Gasteiger partial charge in [0.25, 0.3) is 0 Å². The number of para-hydroxylation sites is 2. The number of piperidine rings is 1. The minimum atomic E-state index is -0.889. The van der Waals surface area contributed by atoms with Crippen molar-refractivity contribution in [1.29, 1.82) is 0 Å². The third kappa shape index (κ3) is 7.55. The average Bonchev–Trinajstić information content (AvgIpc) is 3.13. The molecule has 0 amide bonds. The van der Waals surface area contributed by atoms with Crippen LogP contribution in [0.2, 0.25) is 10.0 Å². The van der Waals surface area contributed by atoms with Gasteiger partial charge in [-0.05, 0) is 62.1 Å². The van der Waals surface area contributed by atoms with Crippen LogP contribution in [0.25, 0.3) is 0 Å². The first-order valence-corrected chi connectivity index (χ1v) is 14.1. The van der Waals surface area contributed by atoms with Gasteiger partial charge in [-0.25, -0.2) is 0 Å². The van der Waals surface area contributed by atoms with Crippen molar-refractivity contribution in [2.45, 2.75) is 56.2 Å². The Morgan fingerprint density at radius 3 is 2.15 bits per heavy atom. The molecule has 5 rings (SSSR count). The predicted octanol–water partition coefficient (Wildman–Crippen LogP) is 6.30. The van der Waals surface area contributed by atoms with Gasteiger partial charge < -0.3 is 25.2 Å². The molecule has 2 unspecified atom stereocenters. The zero-order valence-corrected chi connectivity index (χ0v) is 23.8. The van der Waals surface area contributed by atoms with Crippen molar-refractivity contribution < 1.29 is 24.5 Å². The molecule has 40 heavy (non-hydrogen) atoms. The molecule has 3 aromatic rings. The summed E-state index contributed by atoms with van der Waals surface area (Å²) in [6.45, 7) is -0.206. The molecule has 0 saturated carbocycles. The van der Waals surface area contributed by atoms with E-state index in [0.717, 1.165) is 18.4 Å². The summed E-state index contributed by atoms with van der Waals surface area (Å²) in [5.74, 6) is -1.75. The molecule has 9 heteroatoms. The first-order chi connectivity index (χ1) is 19.3. The smallest absolute Gasteiger partial charge is 0.316 e. The lowest BCUT2D eigenvalue weighted by Gasteiger charge is -2.36. The number of aliphatic hydroxyl groups excluding tert-OH is 1. The van der Waals surface area contributed by atoms with Crippen LogP contribution < -0.4 is 5.32 Å². The van der Waals surface area contributed by atoms with Gasteiger partial charge in [-0.1, -0.05) is 77.8 Å². The molecule has 0 aromatic heterocycles. The second kappa shape index (κ2) is 14.0. The van der Waals surface area contributed by atoms with Crippen LogP contribution in [0.15, 0.2) is 72.8 Å². The lowest BCUT2D eigenvalue weighted by atomic mass is 9.98. The van der Waals surface area contributed by atoms with E-state index in [1.807, 2.05) is 36.4 Å². The van der Waals surface area contributed by atoms with Gasteiger partial charge in [0.2, 0.25) is 0 Å². The average molecular weight is 586 g/mol. The van der Waals surface area contributed by atoms with E-state index in [0.29, 0.717) is 39.1 Å². The molecular formula is C31H34Cl2N2O5. The van der Waals surface area contributed by atoms with Crippen molar-refractivity contribution in [2.75, 3.05) is 19.0 Å². The van der Waals surface area contributed by atoms with Gasteiger partial charge in [0.1, 0.15) is 12.0 Å². The molecule has 0 radical (unpaired) electrons. The second-order valence-electron chi connectivity index (χ2n) is 10.2. The number of aliphatic carboxylic acids is 1.